The first-order valence-corrected chi connectivity index (χ1v) is 12.0. The zero-order chi connectivity index (χ0) is 21.3. The van der Waals surface area contributed by atoms with Gasteiger partial charge in [-0.25, -0.2) is 0 Å². The van der Waals surface area contributed by atoms with Crippen molar-refractivity contribution in [3.63, 3.8) is 0 Å². The van der Waals surface area contributed by atoms with Crippen molar-refractivity contribution in [3.05, 3.63) is 0 Å². The summed E-state index contributed by atoms with van der Waals surface area (Å²) < 4.78 is 16.4. The first-order valence-electron chi connectivity index (χ1n) is 12.0. The van der Waals surface area contributed by atoms with Gasteiger partial charge in [-0.15, -0.1) is 0 Å². The maximum Gasteiger partial charge on any atom is 0.0697 e. The molecular formula is C22H46N4O4. The molecule has 2 aliphatic rings. The number of hydrogen-bond donors (Lipinski definition) is 1. The Balaban J connectivity index is 1.37. The minimum Gasteiger partial charge on any atom is -0.394 e. The molecule has 1 N–H and O–H groups in total. The van der Waals surface area contributed by atoms with E-state index in [9.17, 15) is 0 Å². The van der Waals surface area contributed by atoms with E-state index in [0.717, 1.165) is 105 Å². The van der Waals surface area contributed by atoms with E-state index in [1.807, 2.05) is 0 Å². The van der Waals surface area contributed by atoms with Crippen molar-refractivity contribution in [1.82, 2.24) is 19.6 Å². The standard InChI is InChI=1S/C22H46N4O4/c1-28-18-4-6-24-9-13-26(14-10-24)16-21-30-20-15-25-11-7-23(8-12-25)5-2-3-19-29-22-17-27/h27H,2-22H2,1H3. The second kappa shape index (κ2) is 17.3. The maximum absolute atomic E-state index is 8.69. The molecule has 0 unspecified atom stereocenters. The zero-order valence-corrected chi connectivity index (χ0v) is 19.3. The maximum atomic E-state index is 8.69. The van der Waals surface area contributed by atoms with Gasteiger partial charge in [0.05, 0.1) is 26.4 Å². The van der Waals surface area contributed by atoms with Gasteiger partial charge in [-0.3, -0.25) is 9.80 Å². The van der Waals surface area contributed by atoms with Gasteiger partial charge in [0.1, 0.15) is 0 Å². The van der Waals surface area contributed by atoms with Crippen LogP contribution in [0.15, 0.2) is 0 Å². The molecule has 0 aromatic carbocycles. The van der Waals surface area contributed by atoms with E-state index in [-0.39, 0.29) is 6.61 Å². The van der Waals surface area contributed by atoms with E-state index in [1.165, 1.54) is 19.5 Å². The van der Waals surface area contributed by atoms with Gasteiger partial charge in [0, 0.05) is 92.3 Å². The lowest BCUT2D eigenvalue weighted by molar-refractivity contribution is 0.0507. The van der Waals surface area contributed by atoms with Crippen LogP contribution in [-0.4, -0.2) is 150 Å². The van der Waals surface area contributed by atoms with Crippen LogP contribution in [0.25, 0.3) is 0 Å². The van der Waals surface area contributed by atoms with Gasteiger partial charge in [-0.1, -0.05) is 0 Å². The first kappa shape index (κ1) is 25.9. The van der Waals surface area contributed by atoms with Crippen molar-refractivity contribution >= 4 is 0 Å². The van der Waals surface area contributed by atoms with E-state index in [1.54, 1.807) is 7.11 Å². The molecule has 30 heavy (non-hydrogen) atoms. The van der Waals surface area contributed by atoms with Crippen LogP contribution in [0, 0.1) is 0 Å². The summed E-state index contributed by atoms with van der Waals surface area (Å²) >= 11 is 0. The molecule has 0 aromatic rings. The van der Waals surface area contributed by atoms with Gasteiger partial charge in [0.2, 0.25) is 0 Å². The van der Waals surface area contributed by atoms with Crippen LogP contribution in [0.3, 0.4) is 0 Å². The third-order valence-corrected chi connectivity index (χ3v) is 6.10. The number of ether oxygens (including phenoxy) is 3. The topological polar surface area (TPSA) is 60.9 Å². The monoisotopic (exact) mass is 430 g/mol. The Morgan fingerprint density at radius 1 is 0.533 bits per heavy atom. The van der Waals surface area contributed by atoms with E-state index < -0.39 is 0 Å². The molecular weight excluding hydrogens is 384 g/mol. The lowest BCUT2D eigenvalue weighted by atomic mass is 10.2. The smallest absolute Gasteiger partial charge is 0.0697 e. The number of aliphatic hydroxyl groups is 1. The van der Waals surface area contributed by atoms with Gasteiger partial charge < -0.3 is 29.1 Å². The Kier molecular flexibility index (Phi) is 14.9. The average molecular weight is 431 g/mol. The van der Waals surface area contributed by atoms with E-state index >= 15 is 0 Å². The Hall–Kier alpha value is -0.320. The molecule has 0 aliphatic carbocycles. The molecule has 0 saturated carbocycles. The van der Waals surface area contributed by atoms with Crippen LogP contribution in [0.5, 0.6) is 0 Å². The fourth-order valence-electron chi connectivity index (χ4n) is 4.10. The molecule has 2 rings (SSSR count). The molecule has 2 fully saturated rings. The summed E-state index contributed by atoms with van der Waals surface area (Å²) in [6, 6.07) is 0. The number of rotatable bonds is 17. The predicted octanol–water partition coefficient (Wildman–Crippen LogP) is 0.0638. The molecule has 0 amide bonds. The number of nitrogens with zero attached hydrogens (tertiary/aromatic N) is 4. The van der Waals surface area contributed by atoms with Gasteiger partial charge in [-0.05, 0) is 25.8 Å². The van der Waals surface area contributed by atoms with Crippen molar-refractivity contribution in [1.29, 1.82) is 0 Å². The summed E-state index contributed by atoms with van der Waals surface area (Å²) in [6.45, 7) is 17.6. The lowest BCUT2D eigenvalue weighted by Crippen LogP contribution is -2.48. The van der Waals surface area contributed by atoms with Crippen LogP contribution in [0.1, 0.15) is 19.3 Å². The Bertz CT molecular complexity index is 389. The summed E-state index contributed by atoms with van der Waals surface area (Å²) in [4.78, 5) is 10.2. The van der Waals surface area contributed by atoms with Gasteiger partial charge in [0.15, 0.2) is 0 Å². The van der Waals surface area contributed by atoms with Crippen LogP contribution < -0.4 is 0 Å². The number of hydrogen-bond acceptors (Lipinski definition) is 8. The molecule has 2 aliphatic heterocycles. The SMILES string of the molecule is COCCCN1CCN(CCOCCN2CCN(CCCCOCCO)CC2)CC1. The fraction of sp³-hybridized carbons (Fsp3) is 1.00. The van der Waals surface area contributed by atoms with E-state index in [2.05, 4.69) is 19.6 Å². The van der Waals surface area contributed by atoms with Gasteiger partial charge >= 0.3 is 0 Å². The number of piperazine rings is 2. The van der Waals surface area contributed by atoms with Gasteiger partial charge in [-0.2, -0.15) is 0 Å². The zero-order valence-electron chi connectivity index (χ0n) is 19.3. The highest BCUT2D eigenvalue weighted by molar-refractivity contribution is 4.73. The van der Waals surface area contributed by atoms with Crippen molar-refractivity contribution in [2.45, 2.75) is 19.3 Å². The lowest BCUT2D eigenvalue weighted by Gasteiger charge is -2.35. The Morgan fingerprint density at radius 3 is 1.50 bits per heavy atom. The molecule has 0 radical (unpaired) electrons. The Labute approximate surface area is 184 Å². The first-order chi connectivity index (χ1) is 14.8. The highest BCUT2D eigenvalue weighted by atomic mass is 16.5. The number of unbranched alkanes of at least 4 members (excludes halogenated alkanes) is 1. The largest absolute Gasteiger partial charge is 0.394 e. The summed E-state index contributed by atoms with van der Waals surface area (Å²) in [5.41, 5.74) is 0. The molecule has 0 bridgehead atoms. The summed E-state index contributed by atoms with van der Waals surface area (Å²) in [6.07, 6.45) is 3.39. The minimum absolute atomic E-state index is 0.123. The van der Waals surface area contributed by atoms with Crippen LogP contribution in [0.2, 0.25) is 0 Å². The normalized spacial score (nSPS) is 20.2. The molecule has 0 atom stereocenters. The summed E-state index contributed by atoms with van der Waals surface area (Å²) in [7, 11) is 1.78. The van der Waals surface area contributed by atoms with E-state index in [0.29, 0.717) is 6.61 Å². The summed E-state index contributed by atoms with van der Waals surface area (Å²) in [5, 5.41) is 8.69. The predicted molar refractivity (Wildman–Crippen MR) is 120 cm³/mol. The molecule has 178 valence electrons. The quantitative estimate of drug-likeness (QED) is 0.325. The number of methoxy groups -OCH3 is 1. The molecule has 0 spiro atoms. The van der Waals surface area contributed by atoms with Crippen molar-refractivity contribution < 1.29 is 19.3 Å². The average Bonchev–Trinajstić information content (AvgIpc) is 2.78. The fourth-order valence-corrected chi connectivity index (χ4v) is 4.10. The third kappa shape index (κ3) is 11.9. The molecule has 8 heteroatoms. The molecule has 2 saturated heterocycles. The van der Waals surface area contributed by atoms with Crippen LogP contribution in [-0.2, 0) is 14.2 Å². The third-order valence-electron chi connectivity index (χ3n) is 6.10. The Morgan fingerprint density at radius 2 is 1.00 bits per heavy atom. The number of aliphatic hydroxyl groups excluding tert-OH is 1. The highest BCUT2D eigenvalue weighted by Gasteiger charge is 2.17. The molecule has 2 heterocycles. The molecule has 8 nitrogen and oxygen atoms in total. The van der Waals surface area contributed by atoms with Crippen LogP contribution in [0.4, 0.5) is 0 Å². The van der Waals surface area contributed by atoms with Crippen molar-refractivity contribution in [3.8, 4) is 0 Å². The second-order valence-corrected chi connectivity index (χ2v) is 8.37. The van der Waals surface area contributed by atoms with Crippen molar-refractivity contribution in [2.24, 2.45) is 0 Å². The highest BCUT2D eigenvalue weighted by Crippen LogP contribution is 2.05. The summed E-state index contributed by atoms with van der Waals surface area (Å²) in [5.74, 6) is 0. The van der Waals surface area contributed by atoms with Crippen molar-refractivity contribution in [2.75, 3.05) is 125 Å². The minimum atomic E-state index is 0.123. The van der Waals surface area contributed by atoms with E-state index in [4.69, 9.17) is 19.3 Å². The molecule has 0 aromatic heterocycles. The van der Waals surface area contributed by atoms with Gasteiger partial charge in [0.25, 0.3) is 0 Å². The second-order valence-electron chi connectivity index (χ2n) is 8.37. The van der Waals surface area contributed by atoms with Crippen LogP contribution >= 0.6 is 0 Å².